The van der Waals surface area contributed by atoms with E-state index in [4.69, 9.17) is 4.74 Å². The Balaban J connectivity index is 1.73. The molecule has 5 rings (SSSR count). The lowest BCUT2D eigenvalue weighted by Gasteiger charge is -2.07. The zero-order valence-corrected chi connectivity index (χ0v) is 15.3. The molecule has 0 radical (unpaired) electrons. The molecule has 2 aromatic carbocycles. The maximum absolute atomic E-state index is 12.8. The van der Waals surface area contributed by atoms with Crippen LogP contribution in [0.2, 0.25) is 0 Å². The minimum absolute atomic E-state index is 0.0815. The normalized spacial score (nSPS) is 11.4. The molecular weight excluding hydrogens is 356 g/mol. The lowest BCUT2D eigenvalue weighted by molar-refractivity contribution is 0.411. The number of nitrogens with zero attached hydrogens (tertiary/aromatic N) is 6. The Morgan fingerprint density at radius 3 is 2.68 bits per heavy atom. The van der Waals surface area contributed by atoms with Gasteiger partial charge in [-0.1, -0.05) is 29.5 Å². The Bertz CT molecular complexity index is 1400. The lowest BCUT2D eigenvalue weighted by Crippen LogP contribution is -2.19. The predicted octanol–water partition coefficient (Wildman–Crippen LogP) is 2.44. The van der Waals surface area contributed by atoms with Gasteiger partial charge in [0, 0.05) is 7.05 Å². The van der Waals surface area contributed by atoms with E-state index in [1.54, 1.807) is 35.9 Å². The van der Waals surface area contributed by atoms with Crippen LogP contribution < -0.4 is 10.3 Å². The van der Waals surface area contributed by atoms with Gasteiger partial charge in [-0.3, -0.25) is 13.8 Å². The summed E-state index contributed by atoms with van der Waals surface area (Å²) >= 11 is 0. The molecule has 0 aliphatic heterocycles. The van der Waals surface area contributed by atoms with Crippen LogP contribution in [-0.4, -0.2) is 36.1 Å². The van der Waals surface area contributed by atoms with Crippen molar-refractivity contribution in [3.63, 3.8) is 0 Å². The minimum atomic E-state index is -0.0815. The molecule has 3 aromatic heterocycles. The van der Waals surface area contributed by atoms with Crippen molar-refractivity contribution in [1.82, 2.24) is 28.9 Å². The van der Waals surface area contributed by atoms with Crippen LogP contribution in [0.25, 0.3) is 33.6 Å². The summed E-state index contributed by atoms with van der Waals surface area (Å²) in [7, 11) is 3.35. The van der Waals surface area contributed by atoms with Crippen LogP contribution in [0.1, 0.15) is 0 Å². The van der Waals surface area contributed by atoms with Crippen LogP contribution in [0.4, 0.5) is 0 Å². The van der Waals surface area contributed by atoms with E-state index < -0.39 is 0 Å². The average molecular weight is 372 g/mol. The van der Waals surface area contributed by atoms with Crippen molar-refractivity contribution in [2.45, 2.75) is 0 Å². The lowest BCUT2D eigenvalue weighted by atomic mass is 10.2. The minimum Gasteiger partial charge on any atom is -0.494 e. The smallest absolute Gasteiger partial charge is 0.261 e. The van der Waals surface area contributed by atoms with E-state index in [2.05, 4.69) is 15.3 Å². The second kappa shape index (κ2) is 6.05. The van der Waals surface area contributed by atoms with Gasteiger partial charge in [-0.2, -0.15) is 0 Å². The topological polar surface area (TPSA) is 79.2 Å². The molecule has 0 saturated heterocycles. The van der Waals surface area contributed by atoms with Crippen molar-refractivity contribution in [2.75, 3.05) is 7.11 Å². The number of hydrogen-bond donors (Lipinski definition) is 0. The van der Waals surface area contributed by atoms with E-state index in [-0.39, 0.29) is 5.56 Å². The fourth-order valence-electron chi connectivity index (χ4n) is 3.47. The zero-order valence-electron chi connectivity index (χ0n) is 15.3. The van der Waals surface area contributed by atoms with Gasteiger partial charge in [0.1, 0.15) is 34.8 Å². The third-order valence-corrected chi connectivity index (χ3v) is 4.83. The van der Waals surface area contributed by atoms with Crippen LogP contribution in [-0.2, 0) is 7.05 Å². The molecule has 138 valence electrons. The van der Waals surface area contributed by atoms with Gasteiger partial charge in [0.05, 0.1) is 24.2 Å². The second-order valence-electron chi connectivity index (χ2n) is 6.39. The van der Waals surface area contributed by atoms with Gasteiger partial charge in [-0.05, 0) is 24.3 Å². The van der Waals surface area contributed by atoms with Crippen LogP contribution in [0.15, 0.2) is 65.8 Å². The van der Waals surface area contributed by atoms with Gasteiger partial charge in [0.2, 0.25) is 0 Å². The summed E-state index contributed by atoms with van der Waals surface area (Å²) in [6, 6.07) is 15.0. The standard InChI is InChI=1S/C20H16N6O2/c1-24-19-18(21-12-25(19)15-8-4-3-7-13(15)20(24)27)14-11-26(23-22-14)16-9-5-6-10-17(16)28-2/h3-12H,1-2H3. The van der Waals surface area contributed by atoms with Gasteiger partial charge in [0.25, 0.3) is 5.56 Å². The third kappa shape index (κ3) is 2.24. The number of ether oxygens (including phenoxy) is 1. The molecule has 8 nitrogen and oxygen atoms in total. The summed E-state index contributed by atoms with van der Waals surface area (Å²) in [4.78, 5) is 17.3. The highest BCUT2D eigenvalue weighted by Gasteiger charge is 2.18. The summed E-state index contributed by atoms with van der Waals surface area (Å²) < 4.78 is 10.5. The number of fused-ring (bicyclic) bond motifs is 3. The van der Waals surface area contributed by atoms with Crippen molar-refractivity contribution in [2.24, 2.45) is 7.05 Å². The van der Waals surface area contributed by atoms with Gasteiger partial charge in [-0.15, -0.1) is 5.10 Å². The molecule has 0 saturated carbocycles. The fraction of sp³-hybridized carbons (Fsp3) is 0.100. The number of rotatable bonds is 3. The molecule has 0 amide bonds. The van der Waals surface area contributed by atoms with Gasteiger partial charge < -0.3 is 4.74 Å². The third-order valence-electron chi connectivity index (χ3n) is 4.83. The highest BCUT2D eigenvalue weighted by Crippen LogP contribution is 2.26. The van der Waals surface area contributed by atoms with E-state index in [1.165, 1.54) is 0 Å². The largest absolute Gasteiger partial charge is 0.494 e. The van der Waals surface area contributed by atoms with Crippen LogP contribution in [0, 0.1) is 0 Å². The van der Waals surface area contributed by atoms with Gasteiger partial charge >= 0.3 is 0 Å². The molecule has 0 spiro atoms. The van der Waals surface area contributed by atoms with Crippen LogP contribution >= 0.6 is 0 Å². The average Bonchev–Trinajstić information content (AvgIpc) is 3.39. The first-order valence-electron chi connectivity index (χ1n) is 8.70. The van der Waals surface area contributed by atoms with E-state index in [0.717, 1.165) is 11.2 Å². The number of hydrogen-bond acceptors (Lipinski definition) is 5. The van der Waals surface area contributed by atoms with E-state index in [1.807, 2.05) is 52.9 Å². The molecule has 0 N–H and O–H groups in total. The SMILES string of the molecule is COc1ccccc1-n1cc(-c2ncn3c4ccccc4c(=O)n(C)c23)nn1. The first-order chi connectivity index (χ1) is 13.7. The van der Waals surface area contributed by atoms with Crippen molar-refractivity contribution in [3.8, 4) is 22.8 Å². The first-order valence-corrected chi connectivity index (χ1v) is 8.70. The molecule has 0 aliphatic carbocycles. The molecule has 0 atom stereocenters. The highest BCUT2D eigenvalue weighted by molar-refractivity contribution is 5.84. The van der Waals surface area contributed by atoms with E-state index in [9.17, 15) is 4.79 Å². The molecule has 5 aromatic rings. The Hall–Kier alpha value is -3.94. The summed E-state index contributed by atoms with van der Waals surface area (Å²) in [5.74, 6) is 0.687. The Labute approximate surface area is 159 Å². The summed E-state index contributed by atoms with van der Waals surface area (Å²) in [6.45, 7) is 0. The molecule has 3 heterocycles. The number of aromatic nitrogens is 6. The molecule has 0 unspecified atom stereocenters. The number of para-hydroxylation sites is 3. The summed E-state index contributed by atoms with van der Waals surface area (Å²) in [5.41, 5.74) is 3.31. The van der Waals surface area contributed by atoms with Crippen LogP contribution in [0.3, 0.4) is 0 Å². The van der Waals surface area contributed by atoms with Gasteiger partial charge in [-0.25, -0.2) is 9.67 Å². The summed E-state index contributed by atoms with van der Waals surface area (Å²) in [6.07, 6.45) is 3.48. The monoisotopic (exact) mass is 372 g/mol. The second-order valence-corrected chi connectivity index (χ2v) is 6.39. The Kier molecular flexibility index (Phi) is 3.51. The molecule has 0 aliphatic rings. The molecule has 0 bridgehead atoms. The van der Waals surface area contributed by atoms with Crippen molar-refractivity contribution < 1.29 is 4.74 Å². The van der Waals surface area contributed by atoms with Crippen molar-refractivity contribution in [1.29, 1.82) is 0 Å². The number of aryl methyl sites for hydroxylation is 1. The van der Waals surface area contributed by atoms with Crippen LogP contribution in [0.5, 0.6) is 5.75 Å². The van der Waals surface area contributed by atoms with E-state index >= 15 is 0 Å². The van der Waals surface area contributed by atoms with Crippen molar-refractivity contribution >= 4 is 16.6 Å². The Morgan fingerprint density at radius 2 is 1.82 bits per heavy atom. The maximum Gasteiger partial charge on any atom is 0.261 e. The van der Waals surface area contributed by atoms with E-state index in [0.29, 0.717) is 28.2 Å². The maximum atomic E-state index is 12.8. The fourth-order valence-corrected chi connectivity index (χ4v) is 3.47. The number of methoxy groups -OCH3 is 1. The number of benzene rings is 2. The molecular formula is C20H16N6O2. The molecule has 0 fully saturated rings. The summed E-state index contributed by atoms with van der Waals surface area (Å²) in [5, 5.41) is 9.14. The first kappa shape index (κ1) is 16.2. The predicted molar refractivity (Wildman–Crippen MR) is 105 cm³/mol. The highest BCUT2D eigenvalue weighted by atomic mass is 16.5. The quantitative estimate of drug-likeness (QED) is 0.486. The zero-order chi connectivity index (χ0) is 19.3. The Morgan fingerprint density at radius 1 is 1.04 bits per heavy atom. The van der Waals surface area contributed by atoms with Gasteiger partial charge in [0.15, 0.2) is 0 Å². The molecule has 28 heavy (non-hydrogen) atoms. The number of imidazole rings is 1. The molecule has 8 heteroatoms. The van der Waals surface area contributed by atoms with Crippen molar-refractivity contribution in [3.05, 3.63) is 71.4 Å².